The molecule has 1 aliphatic heterocycles. The average molecular weight is 260 g/mol. The summed E-state index contributed by atoms with van der Waals surface area (Å²) in [5.41, 5.74) is 0.482. The maximum atomic E-state index is 11.6. The predicted octanol–water partition coefficient (Wildman–Crippen LogP) is 1.22. The fourth-order valence-corrected chi connectivity index (χ4v) is 1.85. The smallest absolute Gasteiger partial charge is 0.257 e. The van der Waals surface area contributed by atoms with E-state index in [0.29, 0.717) is 36.1 Å². The van der Waals surface area contributed by atoms with Gasteiger partial charge in [-0.25, -0.2) is 0 Å². The van der Waals surface area contributed by atoms with Gasteiger partial charge in [-0.3, -0.25) is 4.79 Å². The first-order valence-corrected chi connectivity index (χ1v) is 5.85. The molecule has 0 spiro atoms. The van der Waals surface area contributed by atoms with Crippen molar-refractivity contribution in [2.45, 2.75) is 6.92 Å². The quantitative estimate of drug-likeness (QED) is 0.805. The van der Waals surface area contributed by atoms with Crippen molar-refractivity contribution in [2.24, 2.45) is 0 Å². The van der Waals surface area contributed by atoms with E-state index in [2.05, 4.69) is 9.97 Å². The van der Waals surface area contributed by atoms with E-state index < -0.39 is 0 Å². The Labute approximate surface area is 108 Å². The van der Waals surface area contributed by atoms with E-state index in [1.807, 2.05) is 0 Å². The number of hydrogen-bond acceptors (Lipinski definition) is 5. The number of rotatable bonds is 1. The second-order valence-electron chi connectivity index (χ2n) is 4.22. The standard InChI is InChI=1S/C13H12N2O4/c1-7-12(16)14-11(15-13(7)17)8-2-3-9-10(6-8)19-5-4-18-9/h2-3,6H,4-5H2,1H3,(H2,14,15,16,17). The van der Waals surface area contributed by atoms with Crippen LogP contribution < -0.4 is 15.0 Å². The van der Waals surface area contributed by atoms with E-state index in [-0.39, 0.29) is 17.0 Å². The summed E-state index contributed by atoms with van der Waals surface area (Å²) in [7, 11) is 0. The summed E-state index contributed by atoms with van der Waals surface area (Å²) in [4.78, 5) is 18.2. The van der Waals surface area contributed by atoms with Gasteiger partial charge in [0, 0.05) is 5.56 Å². The van der Waals surface area contributed by atoms with E-state index >= 15 is 0 Å². The molecule has 19 heavy (non-hydrogen) atoms. The van der Waals surface area contributed by atoms with Crippen molar-refractivity contribution in [2.75, 3.05) is 13.2 Å². The largest absolute Gasteiger partial charge is 0.493 e. The highest BCUT2D eigenvalue weighted by Crippen LogP contribution is 2.33. The first kappa shape index (κ1) is 11.6. The molecule has 1 aromatic heterocycles. The summed E-state index contributed by atoms with van der Waals surface area (Å²) < 4.78 is 10.9. The molecule has 0 saturated carbocycles. The summed E-state index contributed by atoms with van der Waals surface area (Å²) in [5, 5.41) is 9.59. The number of hydrogen-bond donors (Lipinski definition) is 2. The molecule has 98 valence electrons. The van der Waals surface area contributed by atoms with Crippen LogP contribution in [-0.2, 0) is 0 Å². The van der Waals surface area contributed by atoms with Gasteiger partial charge in [0.1, 0.15) is 19.0 Å². The predicted molar refractivity (Wildman–Crippen MR) is 67.7 cm³/mol. The second kappa shape index (κ2) is 4.31. The van der Waals surface area contributed by atoms with Gasteiger partial charge in [-0.1, -0.05) is 0 Å². The molecule has 0 aliphatic carbocycles. The van der Waals surface area contributed by atoms with Crippen LogP contribution in [0.15, 0.2) is 23.0 Å². The Morgan fingerprint density at radius 3 is 2.74 bits per heavy atom. The summed E-state index contributed by atoms with van der Waals surface area (Å²) >= 11 is 0. The first-order chi connectivity index (χ1) is 9.15. The molecule has 2 aromatic rings. The van der Waals surface area contributed by atoms with Crippen molar-refractivity contribution in [3.8, 4) is 28.8 Å². The number of aromatic nitrogens is 2. The average Bonchev–Trinajstić information content (AvgIpc) is 2.43. The summed E-state index contributed by atoms with van der Waals surface area (Å²) in [6.07, 6.45) is 0. The number of nitrogens with zero attached hydrogens (tertiary/aromatic N) is 1. The van der Waals surface area contributed by atoms with Gasteiger partial charge >= 0.3 is 0 Å². The highest BCUT2D eigenvalue weighted by atomic mass is 16.6. The number of aromatic amines is 1. The van der Waals surface area contributed by atoms with Gasteiger partial charge in [-0.2, -0.15) is 4.98 Å². The number of ether oxygens (including phenoxy) is 2. The van der Waals surface area contributed by atoms with Gasteiger partial charge in [-0.15, -0.1) is 0 Å². The van der Waals surface area contributed by atoms with Crippen LogP contribution in [-0.4, -0.2) is 28.3 Å². The van der Waals surface area contributed by atoms with Crippen molar-refractivity contribution in [3.63, 3.8) is 0 Å². The topological polar surface area (TPSA) is 84.4 Å². The van der Waals surface area contributed by atoms with Crippen LogP contribution in [0.1, 0.15) is 5.56 Å². The molecule has 6 nitrogen and oxygen atoms in total. The lowest BCUT2D eigenvalue weighted by molar-refractivity contribution is 0.171. The number of H-pyrrole nitrogens is 1. The third-order valence-corrected chi connectivity index (χ3v) is 2.94. The van der Waals surface area contributed by atoms with Crippen LogP contribution in [0.25, 0.3) is 11.4 Å². The molecule has 3 rings (SSSR count). The lowest BCUT2D eigenvalue weighted by Crippen LogP contribution is -2.15. The molecule has 0 fully saturated rings. The van der Waals surface area contributed by atoms with Crippen LogP contribution >= 0.6 is 0 Å². The zero-order valence-corrected chi connectivity index (χ0v) is 10.3. The van der Waals surface area contributed by atoms with Gasteiger partial charge in [0.15, 0.2) is 11.5 Å². The number of benzene rings is 1. The van der Waals surface area contributed by atoms with Crippen molar-refractivity contribution >= 4 is 0 Å². The van der Waals surface area contributed by atoms with Gasteiger partial charge in [0.2, 0.25) is 5.88 Å². The lowest BCUT2D eigenvalue weighted by Gasteiger charge is -2.18. The molecule has 0 bridgehead atoms. The van der Waals surface area contributed by atoms with Gasteiger partial charge in [0.25, 0.3) is 5.56 Å². The van der Waals surface area contributed by atoms with Crippen molar-refractivity contribution in [1.82, 2.24) is 9.97 Å². The third-order valence-electron chi connectivity index (χ3n) is 2.94. The normalized spacial score (nSPS) is 13.3. The van der Waals surface area contributed by atoms with Crippen LogP contribution in [0.4, 0.5) is 0 Å². The monoisotopic (exact) mass is 260 g/mol. The molecule has 0 amide bonds. The molecule has 0 radical (unpaired) electrons. The summed E-state index contributed by atoms with van der Waals surface area (Å²) in [6.45, 7) is 2.51. The molecule has 2 heterocycles. The highest BCUT2D eigenvalue weighted by molar-refractivity contribution is 5.61. The highest BCUT2D eigenvalue weighted by Gasteiger charge is 2.14. The van der Waals surface area contributed by atoms with Gasteiger partial charge in [-0.05, 0) is 25.1 Å². The SMILES string of the molecule is Cc1c(O)nc(-c2ccc3c(c2)OCCO3)[nH]c1=O. The maximum absolute atomic E-state index is 11.6. The van der Waals surface area contributed by atoms with Crippen LogP contribution in [0.2, 0.25) is 0 Å². The fourth-order valence-electron chi connectivity index (χ4n) is 1.85. The Balaban J connectivity index is 2.09. The Morgan fingerprint density at radius 1 is 1.26 bits per heavy atom. The number of aromatic hydroxyl groups is 1. The zero-order valence-electron chi connectivity index (χ0n) is 10.3. The minimum absolute atomic E-state index is 0.196. The van der Waals surface area contributed by atoms with Gasteiger partial charge < -0.3 is 19.6 Å². The molecule has 1 aromatic carbocycles. The van der Waals surface area contributed by atoms with E-state index in [1.54, 1.807) is 18.2 Å². The van der Waals surface area contributed by atoms with E-state index in [1.165, 1.54) is 6.92 Å². The zero-order chi connectivity index (χ0) is 13.4. The Hall–Kier alpha value is -2.50. The molecule has 1 aliphatic rings. The Bertz CT molecular complexity index is 694. The minimum atomic E-state index is -0.364. The Kier molecular flexibility index (Phi) is 2.63. The van der Waals surface area contributed by atoms with Crippen LogP contribution in [0, 0.1) is 6.92 Å². The number of nitrogens with one attached hydrogen (secondary N) is 1. The number of fused-ring (bicyclic) bond motifs is 1. The Morgan fingerprint density at radius 2 is 2.00 bits per heavy atom. The van der Waals surface area contributed by atoms with Crippen molar-refractivity contribution in [3.05, 3.63) is 34.1 Å². The van der Waals surface area contributed by atoms with Crippen molar-refractivity contribution < 1.29 is 14.6 Å². The first-order valence-electron chi connectivity index (χ1n) is 5.85. The van der Waals surface area contributed by atoms with E-state index in [9.17, 15) is 9.90 Å². The fraction of sp³-hybridized carbons (Fsp3) is 0.231. The third kappa shape index (κ3) is 2.01. The van der Waals surface area contributed by atoms with Crippen LogP contribution in [0.3, 0.4) is 0 Å². The lowest BCUT2D eigenvalue weighted by atomic mass is 10.1. The molecule has 2 N–H and O–H groups in total. The van der Waals surface area contributed by atoms with E-state index in [0.717, 1.165) is 0 Å². The minimum Gasteiger partial charge on any atom is -0.493 e. The molecule has 6 heteroatoms. The molecular weight excluding hydrogens is 248 g/mol. The summed E-state index contributed by atoms with van der Waals surface area (Å²) in [6, 6.07) is 5.23. The molecule has 0 saturated heterocycles. The van der Waals surface area contributed by atoms with Crippen molar-refractivity contribution in [1.29, 1.82) is 0 Å². The molecular formula is C13H12N2O4. The maximum Gasteiger partial charge on any atom is 0.257 e. The van der Waals surface area contributed by atoms with E-state index in [4.69, 9.17) is 9.47 Å². The van der Waals surface area contributed by atoms with Gasteiger partial charge in [0.05, 0.1) is 5.56 Å². The molecule has 0 atom stereocenters. The molecule has 0 unspecified atom stereocenters. The second-order valence-corrected chi connectivity index (χ2v) is 4.22. The summed E-state index contributed by atoms with van der Waals surface area (Å²) in [5.74, 6) is 1.29. The van der Waals surface area contributed by atoms with Crippen LogP contribution in [0.5, 0.6) is 17.4 Å².